The third-order valence-electron chi connectivity index (χ3n) is 4.60. The molecule has 0 saturated carbocycles. The molecular weight excluding hydrogens is 250 g/mol. The lowest BCUT2D eigenvalue weighted by atomic mass is 9.94. The average Bonchev–Trinajstić information content (AvgIpc) is 2.54. The van der Waals surface area contributed by atoms with E-state index < -0.39 is 0 Å². The van der Waals surface area contributed by atoms with Crippen LogP contribution in [0.3, 0.4) is 0 Å². The minimum absolute atomic E-state index is 0.411. The summed E-state index contributed by atoms with van der Waals surface area (Å²) >= 11 is 0. The van der Waals surface area contributed by atoms with Crippen molar-refractivity contribution in [2.45, 2.75) is 19.0 Å². The minimum atomic E-state index is 0.411. The van der Waals surface area contributed by atoms with Crippen molar-refractivity contribution in [2.75, 3.05) is 46.4 Å². The van der Waals surface area contributed by atoms with Gasteiger partial charge >= 0.3 is 0 Å². The SMILES string of the molecule is CCNC(c1ccc(OC)cc1)C1CN2CCN1CC2. The second-order valence-electron chi connectivity index (χ2n) is 5.71. The standard InChI is InChI=1S/C16H25N3O/c1-3-17-16(13-4-6-14(20-2)7-5-13)15-12-18-8-10-19(15)11-9-18/h4-7,15-17H,3,8-12H2,1-2H3. The molecule has 0 aliphatic carbocycles. The maximum Gasteiger partial charge on any atom is 0.118 e. The second-order valence-corrected chi connectivity index (χ2v) is 5.71. The number of likely N-dealkylation sites (N-methyl/N-ethyl adjacent to an activating group) is 1. The number of rotatable bonds is 5. The molecule has 3 aliphatic heterocycles. The molecule has 0 radical (unpaired) electrons. The van der Waals surface area contributed by atoms with E-state index in [1.54, 1.807) is 7.11 Å². The van der Waals surface area contributed by atoms with Crippen molar-refractivity contribution in [2.24, 2.45) is 0 Å². The van der Waals surface area contributed by atoms with Crippen LogP contribution in [0.4, 0.5) is 0 Å². The summed E-state index contributed by atoms with van der Waals surface area (Å²) in [4.78, 5) is 5.25. The molecule has 3 heterocycles. The molecule has 0 amide bonds. The summed E-state index contributed by atoms with van der Waals surface area (Å²) in [6, 6.07) is 9.53. The Balaban J connectivity index is 1.80. The lowest BCUT2D eigenvalue weighted by Crippen LogP contribution is -2.63. The second kappa shape index (κ2) is 6.12. The van der Waals surface area contributed by atoms with Crippen molar-refractivity contribution in [3.63, 3.8) is 0 Å². The smallest absolute Gasteiger partial charge is 0.118 e. The van der Waals surface area contributed by atoms with E-state index in [1.807, 2.05) is 0 Å². The van der Waals surface area contributed by atoms with Gasteiger partial charge in [0.25, 0.3) is 0 Å². The van der Waals surface area contributed by atoms with Gasteiger partial charge in [0.2, 0.25) is 0 Å². The number of benzene rings is 1. The number of nitrogens with zero attached hydrogens (tertiary/aromatic N) is 2. The largest absolute Gasteiger partial charge is 0.497 e. The summed E-state index contributed by atoms with van der Waals surface area (Å²) < 4.78 is 5.26. The van der Waals surface area contributed by atoms with Crippen molar-refractivity contribution in [1.29, 1.82) is 0 Å². The van der Waals surface area contributed by atoms with Gasteiger partial charge in [-0.15, -0.1) is 0 Å². The quantitative estimate of drug-likeness (QED) is 0.878. The summed E-state index contributed by atoms with van der Waals surface area (Å²) in [7, 11) is 1.72. The van der Waals surface area contributed by atoms with Crippen molar-refractivity contribution in [3.8, 4) is 5.75 Å². The molecule has 20 heavy (non-hydrogen) atoms. The van der Waals surface area contributed by atoms with Crippen LogP contribution >= 0.6 is 0 Å². The summed E-state index contributed by atoms with van der Waals surface area (Å²) in [5.41, 5.74) is 1.37. The van der Waals surface area contributed by atoms with Crippen LogP contribution in [0.1, 0.15) is 18.5 Å². The highest BCUT2D eigenvalue weighted by Crippen LogP contribution is 2.28. The predicted molar refractivity (Wildman–Crippen MR) is 81.2 cm³/mol. The van der Waals surface area contributed by atoms with Crippen LogP contribution in [-0.2, 0) is 0 Å². The van der Waals surface area contributed by atoms with E-state index in [-0.39, 0.29) is 0 Å². The van der Waals surface area contributed by atoms with E-state index >= 15 is 0 Å². The lowest BCUT2D eigenvalue weighted by Gasteiger charge is -2.50. The summed E-state index contributed by atoms with van der Waals surface area (Å²) in [6.45, 7) is 9.26. The summed E-state index contributed by atoms with van der Waals surface area (Å²) in [5, 5.41) is 3.68. The molecule has 3 aliphatic rings. The zero-order valence-electron chi connectivity index (χ0n) is 12.5. The molecule has 1 aromatic rings. The first-order valence-electron chi connectivity index (χ1n) is 7.65. The van der Waals surface area contributed by atoms with Crippen molar-refractivity contribution in [1.82, 2.24) is 15.1 Å². The number of hydrogen-bond acceptors (Lipinski definition) is 4. The zero-order chi connectivity index (χ0) is 13.9. The van der Waals surface area contributed by atoms with Gasteiger partial charge in [-0.1, -0.05) is 19.1 Å². The third kappa shape index (κ3) is 2.68. The Morgan fingerprint density at radius 1 is 1.20 bits per heavy atom. The van der Waals surface area contributed by atoms with Gasteiger partial charge in [-0.3, -0.25) is 9.80 Å². The maximum absolute atomic E-state index is 5.26. The summed E-state index contributed by atoms with van der Waals surface area (Å²) in [5.74, 6) is 0.929. The van der Waals surface area contributed by atoms with Gasteiger partial charge in [0.15, 0.2) is 0 Å². The van der Waals surface area contributed by atoms with Crippen LogP contribution < -0.4 is 10.1 Å². The highest BCUT2D eigenvalue weighted by atomic mass is 16.5. The maximum atomic E-state index is 5.26. The van der Waals surface area contributed by atoms with E-state index in [9.17, 15) is 0 Å². The molecule has 110 valence electrons. The Morgan fingerprint density at radius 3 is 2.40 bits per heavy atom. The fraction of sp³-hybridized carbons (Fsp3) is 0.625. The Bertz CT molecular complexity index is 426. The number of methoxy groups -OCH3 is 1. The molecule has 4 nitrogen and oxygen atoms in total. The fourth-order valence-electron chi connectivity index (χ4n) is 3.48. The van der Waals surface area contributed by atoms with Crippen LogP contribution in [0.15, 0.2) is 24.3 Å². The normalized spacial score (nSPS) is 30.2. The Labute approximate surface area is 121 Å². The van der Waals surface area contributed by atoms with Gasteiger partial charge in [-0.05, 0) is 24.2 Å². The number of nitrogens with one attached hydrogen (secondary N) is 1. The van der Waals surface area contributed by atoms with Crippen LogP contribution in [0.5, 0.6) is 5.75 Å². The molecule has 2 bridgehead atoms. The molecule has 0 aromatic heterocycles. The number of ether oxygens (including phenoxy) is 1. The Kier molecular flexibility index (Phi) is 4.24. The topological polar surface area (TPSA) is 27.7 Å². The van der Waals surface area contributed by atoms with Crippen LogP contribution in [-0.4, -0.2) is 62.2 Å². The molecule has 2 unspecified atom stereocenters. The Hall–Kier alpha value is -1.10. The molecule has 4 rings (SSSR count). The molecular formula is C16H25N3O. The highest BCUT2D eigenvalue weighted by molar-refractivity contribution is 5.30. The van der Waals surface area contributed by atoms with Gasteiger partial charge in [0, 0.05) is 44.8 Å². The van der Waals surface area contributed by atoms with Crippen LogP contribution in [0, 0.1) is 0 Å². The van der Waals surface area contributed by atoms with Crippen molar-refractivity contribution >= 4 is 0 Å². The molecule has 1 aromatic carbocycles. The van der Waals surface area contributed by atoms with Crippen LogP contribution in [0.25, 0.3) is 0 Å². The number of fused-ring (bicyclic) bond motifs is 3. The van der Waals surface area contributed by atoms with E-state index in [0.29, 0.717) is 12.1 Å². The molecule has 0 spiro atoms. The van der Waals surface area contributed by atoms with Gasteiger partial charge < -0.3 is 10.1 Å². The van der Waals surface area contributed by atoms with Crippen LogP contribution in [0.2, 0.25) is 0 Å². The van der Waals surface area contributed by atoms with E-state index in [1.165, 1.54) is 38.3 Å². The fourth-order valence-corrected chi connectivity index (χ4v) is 3.48. The Morgan fingerprint density at radius 2 is 1.90 bits per heavy atom. The molecule has 3 fully saturated rings. The lowest BCUT2D eigenvalue weighted by molar-refractivity contribution is -0.00343. The van der Waals surface area contributed by atoms with Gasteiger partial charge in [-0.25, -0.2) is 0 Å². The predicted octanol–water partition coefficient (Wildman–Crippen LogP) is 1.35. The van der Waals surface area contributed by atoms with Crippen molar-refractivity contribution < 1.29 is 4.74 Å². The first-order valence-corrected chi connectivity index (χ1v) is 7.65. The number of hydrogen-bond donors (Lipinski definition) is 1. The van der Waals surface area contributed by atoms with E-state index in [2.05, 4.69) is 46.3 Å². The van der Waals surface area contributed by atoms with Crippen molar-refractivity contribution in [3.05, 3.63) is 29.8 Å². The van der Waals surface area contributed by atoms with E-state index in [0.717, 1.165) is 12.3 Å². The first-order chi connectivity index (χ1) is 9.81. The van der Waals surface area contributed by atoms with Gasteiger partial charge in [0.1, 0.15) is 5.75 Å². The summed E-state index contributed by atoms with van der Waals surface area (Å²) in [6.07, 6.45) is 0. The average molecular weight is 275 g/mol. The third-order valence-corrected chi connectivity index (χ3v) is 4.60. The first kappa shape index (κ1) is 13.9. The van der Waals surface area contributed by atoms with E-state index in [4.69, 9.17) is 4.74 Å². The highest BCUT2D eigenvalue weighted by Gasteiger charge is 2.36. The minimum Gasteiger partial charge on any atom is -0.497 e. The molecule has 4 heteroatoms. The molecule has 2 atom stereocenters. The van der Waals surface area contributed by atoms with Gasteiger partial charge in [0.05, 0.1) is 7.11 Å². The molecule has 3 saturated heterocycles. The number of piperazine rings is 3. The zero-order valence-corrected chi connectivity index (χ0v) is 12.5. The molecule has 1 N–H and O–H groups in total. The van der Waals surface area contributed by atoms with Gasteiger partial charge in [-0.2, -0.15) is 0 Å². The monoisotopic (exact) mass is 275 g/mol.